The minimum Gasteiger partial charge on any atom is -0.340 e. The summed E-state index contributed by atoms with van der Waals surface area (Å²) in [5, 5.41) is 11.5. The Kier molecular flexibility index (Phi) is 5.20. The molecule has 3 aromatic rings. The molecule has 0 aliphatic carbocycles. The van der Waals surface area contributed by atoms with Crippen LogP contribution >= 0.6 is 11.3 Å². The van der Waals surface area contributed by atoms with Crippen molar-refractivity contribution in [2.24, 2.45) is 0 Å². The molecule has 0 unspecified atom stereocenters. The summed E-state index contributed by atoms with van der Waals surface area (Å²) in [6.45, 7) is 2.20. The Hall–Kier alpha value is -3.00. The van der Waals surface area contributed by atoms with Crippen LogP contribution in [-0.2, 0) is 11.3 Å². The van der Waals surface area contributed by atoms with Gasteiger partial charge in [-0.1, -0.05) is 12.1 Å². The van der Waals surface area contributed by atoms with Crippen LogP contribution < -0.4 is 10.6 Å². The molecule has 0 spiro atoms. The van der Waals surface area contributed by atoms with Crippen molar-refractivity contribution in [3.05, 3.63) is 64.7 Å². The van der Waals surface area contributed by atoms with Gasteiger partial charge in [0, 0.05) is 24.7 Å². The number of amides is 2. The van der Waals surface area contributed by atoms with Crippen LogP contribution in [0.1, 0.15) is 22.2 Å². The molecule has 2 N–H and O–H groups in total. The number of carbonyl (C=O) groups excluding carboxylic acids is 2. The number of pyridine rings is 1. The zero-order valence-corrected chi connectivity index (χ0v) is 14.4. The third-order valence-corrected chi connectivity index (χ3v) is 4.31. The molecule has 0 radical (unpaired) electrons. The van der Waals surface area contributed by atoms with Gasteiger partial charge in [-0.15, -0.1) is 11.3 Å². The summed E-state index contributed by atoms with van der Waals surface area (Å²) < 4.78 is 1.71. The fourth-order valence-corrected chi connectivity index (χ4v) is 2.80. The first kappa shape index (κ1) is 16.8. The van der Waals surface area contributed by atoms with E-state index in [0.717, 1.165) is 5.56 Å². The highest BCUT2D eigenvalue weighted by Crippen LogP contribution is 2.09. The summed E-state index contributed by atoms with van der Waals surface area (Å²) in [5.74, 6) is -0.151. The van der Waals surface area contributed by atoms with Gasteiger partial charge in [0.25, 0.3) is 5.91 Å². The lowest BCUT2D eigenvalue weighted by Crippen LogP contribution is -2.41. The molecule has 0 aliphatic heterocycles. The van der Waals surface area contributed by atoms with Crippen molar-refractivity contribution in [1.29, 1.82) is 0 Å². The molecule has 0 aromatic carbocycles. The Bertz CT molecular complexity index is 845. The van der Waals surface area contributed by atoms with Crippen molar-refractivity contribution >= 4 is 29.0 Å². The first-order valence-corrected chi connectivity index (χ1v) is 8.57. The third kappa shape index (κ3) is 4.51. The lowest BCUT2D eigenvalue weighted by molar-refractivity contribution is -0.117. The fourth-order valence-electron chi connectivity index (χ4n) is 2.17. The van der Waals surface area contributed by atoms with Crippen LogP contribution in [0.3, 0.4) is 0 Å². The monoisotopic (exact) mass is 355 g/mol. The van der Waals surface area contributed by atoms with E-state index >= 15 is 0 Å². The molecule has 0 fully saturated rings. The summed E-state index contributed by atoms with van der Waals surface area (Å²) in [4.78, 5) is 28.8. The Morgan fingerprint density at radius 3 is 2.88 bits per heavy atom. The first-order chi connectivity index (χ1) is 12.1. The summed E-state index contributed by atoms with van der Waals surface area (Å²) in [5.41, 5.74) is 1.01. The van der Waals surface area contributed by atoms with Crippen LogP contribution in [0, 0.1) is 0 Å². The molecule has 25 heavy (non-hydrogen) atoms. The molecule has 128 valence electrons. The van der Waals surface area contributed by atoms with Crippen LogP contribution in [0.5, 0.6) is 0 Å². The van der Waals surface area contributed by atoms with E-state index < -0.39 is 6.04 Å². The predicted molar refractivity (Wildman–Crippen MR) is 95.4 cm³/mol. The second kappa shape index (κ2) is 7.71. The molecular formula is C17H17N5O2S. The summed E-state index contributed by atoms with van der Waals surface area (Å²) >= 11 is 1.33. The minimum absolute atomic E-state index is 0.264. The Labute approximate surface area is 148 Å². The highest BCUT2D eigenvalue weighted by atomic mass is 32.1. The number of rotatable bonds is 6. The largest absolute Gasteiger partial charge is 0.340 e. The van der Waals surface area contributed by atoms with Crippen molar-refractivity contribution in [2.45, 2.75) is 19.5 Å². The van der Waals surface area contributed by atoms with E-state index in [4.69, 9.17) is 0 Å². The lowest BCUT2D eigenvalue weighted by Gasteiger charge is -2.12. The van der Waals surface area contributed by atoms with Gasteiger partial charge in [0.15, 0.2) is 5.82 Å². The normalized spacial score (nSPS) is 11.7. The number of nitrogens with one attached hydrogen (secondary N) is 2. The number of anilines is 1. The highest BCUT2D eigenvalue weighted by Gasteiger charge is 2.18. The van der Waals surface area contributed by atoms with Crippen LogP contribution in [0.25, 0.3) is 0 Å². The van der Waals surface area contributed by atoms with Gasteiger partial charge in [-0.2, -0.15) is 5.10 Å². The van der Waals surface area contributed by atoms with Crippen molar-refractivity contribution in [1.82, 2.24) is 20.1 Å². The van der Waals surface area contributed by atoms with Crippen LogP contribution in [-0.4, -0.2) is 32.6 Å². The summed E-state index contributed by atoms with van der Waals surface area (Å²) in [7, 11) is 0. The number of aromatic nitrogens is 3. The van der Waals surface area contributed by atoms with E-state index in [2.05, 4.69) is 20.7 Å². The molecule has 0 saturated carbocycles. The number of nitrogens with zero attached hydrogens (tertiary/aromatic N) is 3. The zero-order valence-electron chi connectivity index (χ0n) is 13.5. The van der Waals surface area contributed by atoms with E-state index in [0.29, 0.717) is 17.2 Å². The Morgan fingerprint density at radius 2 is 2.16 bits per heavy atom. The molecule has 0 saturated heterocycles. The third-order valence-electron chi connectivity index (χ3n) is 3.45. The van der Waals surface area contributed by atoms with Gasteiger partial charge in [-0.05, 0) is 30.0 Å². The van der Waals surface area contributed by atoms with Gasteiger partial charge in [0.1, 0.15) is 6.04 Å². The average molecular weight is 355 g/mol. The molecular weight excluding hydrogens is 338 g/mol. The van der Waals surface area contributed by atoms with Crippen LogP contribution in [0.15, 0.2) is 54.3 Å². The molecule has 1 atom stereocenters. The molecule has 7 nitrogen and oxygen atoms in total. The average Bonchev–Trinajstić information content (AvgIpc) is 3.28. The number of thiophene rings is 1. The molecule has 3 rings (SSSR count). The first-order valence-electron chi connectivity index (χ1n) is 7.69. The van der Waals surface area contributed by atoms with Gasteiger partial charge >= 0.3 is 0 Å². The molecule has 8 heteroatoms. The molecule has 2 amide bonds. The molecule has 3 aromatic heterocycles. The number of hydrogen-bond donors (Lipinski definition) is 2. The van der Waals surface area contributed by atoms with Crippen molar-refractivity contribution in [3.8, 4) is 0 Å². The van der Waals surface area contributed by atoms with Gasteiger partial charge in [0.2, 0.25) is 5.91 Å². The lowest BCUT2D eigenvalue weighted by atomic mass is 10.3. The van der Waals surface area contributed by atoms with E-state index in [1.54, 1.807) is 48.4 Å². The minimum atomic E-state index is -0.668. The van der Waals surface area contributed by atoms with Gasteiger partial charge in [-0.3, -0.25) is 19.3 Å². The zero-order chi connectivity index (χ0) is 17.6. The molecule has 0 bridgehead atoms. The Morgan fingerprint density at radius 1 is 1.28 bits per heavy atom. The number of hydrogen-bond acceptors (Lipinski definition) is 5. The maximum absolute atomic E-state index is 12.2. The SMILES string of the molecule is C[C@@H](NC(=O)c1cccs1)C(=O)Nc1ccn(Cc2cccnc2)n1. The topological polar surface area (TPSA) is 88.9 Å². The van der Waals surface area contributed by atoms with E-state index in [1.807, 2.05) is 17.5 Å². The number of carbonyl (C=O) groups is 2. The van der Waals surface area contributed by atoms with Gasteiger partial charge in [-0.25, -0.2) is 0 Å². The van der Waals surface area contributed by atoms with Crippen molar-refractivity contribution in [3.63, 3.8) is 0 Å². The summed E-state index contributed by atoms with van der Waals surface area (Å²) in [6, 6.07) is 8.36. The maximum atomic E-state index is 12.2. The predicted octanol–water partition coefficient (Wildman–Crippen LogP) is 2.14. The summed E-state index contributed by atoms with van der Waals surface area (Å²) in [6.07, 6.45) is 5.25. The van der Waals surface area contributed by atoms with E-state index in [9.17, 15) is 9.59 Å². The van der Waals surface area contributed by atoms with Crippen molar-refractivity contribution in [2.75, 3.05) is 5.32 Å². The van der Waals surface area contributed by atoms with E-state index in [-0.39, 0.29) is 11.8 Å². The Balaban J connectivity index is 1.55. The van der Waals surface area contributed by atoms with Crippen LogP contribution in [0.4, 0.5) is 5.82 Å². The smallest absolute Gasteiger partial charge is 0.261 e. The standard InChI is InChI=1S/C17H17N5O2S/c1-12(19-17(24)14-5-3-9-25-14)16(23)20-15-6-8-22(21-15)11-13-4-2-7-18-10-13/h2-10,12H,11H2,1H3,(H,19,24)(H,20,21,23)/t12-/m1/s1. The fraction of sp³-hybridized carbons (Fsp3) is 0.176. The van der Waals surface area contributed by atoms with E-state index in [1.165, 1.54) is 11.3 Å². The maximum Gasteiger partial charge on any atom is 0.261 e. The quantitative estimate of drug-likeness (QED) is 0.709. The second-order valence-electron chi connectivity index (χ2n) is 5.42. The van der Waals surface area contributed by atoms with Crippen molar-refractivity contribution < 1.29 is 9.59 Å². The van der Waals surface area contributed by atoms with Gasteiger partial charge < -0.3 is 10.6 Å². The highest BCUT2D eigenvalue weighted by molar-refractivity contribution is 7.12. The molecule has 3 heterocycles. The molecule has 0 aliphatic rings. The second-order valence-corrected chi connectivity index (χ2v) is 6.37. The van der Waals surface area contributed by atoms with Crippen LogP contribution in [0.2, 0.25) is 0 Å². The van der Waals surface area contributed by atoms with Gasteiger partial charge in [0.05, 0.1) is 11.4 Å².